The molecule has 1 fully saturated rings. The molecule has 0 saturated heterocycles. The number of benzene rings is 1. The number of rotatable bonds is 12. The molecule has 0 aliphatic heterocycles. The molecule has 0 spiro atoms. The molecular formula is C34H43ClN4O7S. The molecule has 1 saturated carbocycles. The van der Waals surface area contributed by atoms with Crippen molar-refractivity contribution >= 4 is 51.8 Å². The molecule has 1 aliphatic rings. The van der Waals surface area contributed by atoms with E-state index in [4.69, 9.17) is 25.8 Å². The van der Waals surface area contributed by atoms with E-state index in [1.807, 2.05) is 19.2 Å². The average molecular weight is 687 g/mol. The summed E-state index contributed by atoms with van der Waals surface area (Å²) in [7, 11) is 1.45. The van der Waals surface area contributed by atoms with Gasteiger partial charge in [0.15, 0.2) is 5.43 Å². The van der Waals surface area contributed by atoms with Crippen molar-refractivity contribution in [3.63, 3.8) is 0 Å². The van der Waals surface area contributed by atoms with Crippen molar-refractivity contribution in [2.24, 2.45) is 5.92 Å². The highest BCUT2D eigenvalue weighted by Gasteiger charge is 2.61. The van der Waals surface area contributed by atoms with E-state index < -0.39 is 35.2 Å². The molecule has 4 rings (SSSR count). The van der Waals surface area contributed by atoms with E-state index in [1.54, 1.807) is 46.8 Å². The lowest BCUT2D eigenvalue weighted by Gasteiger charge is -2.33. The van der Waals surface area contributed by atoms with Crippen LogP contribution >= 0.6 is 22.9 Å². The van der Waals surface area contributed by atoms with Crippen LogP contribution in [-0.2, 0) is 25.6 Å². The van der Waals surface area contributed by atoms with E-state index in [0.29, 0.717) is 28.2 Å². The lowest BCUT2D eigenvalue weighted by Crippen LogP contribution is -2.55. The molecule has 13 heteroatoms. The van der Waals surface area contributed by atoms with Crippen LogP contribution in [0.25, 0.3) is 21.6 Å². The number of aromatic amines is 1. The normalized spacial score (nSPS) is 18.0. The third kappa shape index (κ3) is 7.49. The first kappa shape index (κ1) is 35.9. The van der Waals surface area contributed by atoms with Crippen molar-refractivity contribution in [3.8, 4) is 16.5 Å². The SMILES string of the molecule is C=C[C@@H]1C[C@]1(NC(=O)C(CC)N(Cc1cc(OC)c(Cl)c2[nH]c(-c3nc(C(C)C)cs3)cc(=O)c12)C(=O)OC(C)(C)C)C(=O)OCC. The molecule has 2 heterocycles. The maximum absolute atomic E-state index is 13.9. The van der Waals surface area contributed by atoms with Crippen molar-refractivity contribution in [2.45, 2.75) is 91.0 Å². The van der Waals surface area contributed by atoms with Crippen molar-refractivity contribution in [1.29, 1.82) is 0 Å². The Morgan fingerprint density at radius 3 is 2.51 bits per heavy atom. The second-order valence-corrected chi connectivity index (χ2v) is 14.1. The number of nitrogens with zero attached hydrogens (tertiary/aromatic N) is 2. The number of aromatic nitrogens is 2. The number of hydrogen-bond donors (Lipinski definition) is 2. The fourth-order valence-corrected chi connectivity index (χ4v) is 6.67. The number of halogens is 1. The zero-order valence-corrected chi connectivity index (χ0v) is 29.7. The van der Waals surface area contributed by atoms with Gasteiger partial charge in [0.1, 0.15) is 33.0 Å². The first-order valence-corrected chi connectivity index (χ1v) is 16.9. The van der Waals surface area contributed by atoms with E-state index in [-0.39, 0.29) is 53.0 Å². The van der Waals surface area contributed by atoms with Crippen molar-refractivity contribution < 1.29 is 28.6 Å². The summed E-state index contributed by atoms with van der Waals surface area (Å²) >= 11 is 8.16. The lowest BCUT2D eigenvalue weighted by molar-refractivity contribution is -0.149. The standard InChI is InChI=1S/C34H43ClN4O7S/c1-10-20-15-34(20,31(42)45-12-3)38-29(41)23(11-2)39(32(43)46-33(6,7)8)16-19-13-25(44-9)27(35)28-26(19)24(40)14-21(36-28)30-37-22(17-47-30)18(4)5/h10,13-14,17-18,20,23H,1,11-12,15-16H2,2-9H3,(H,36,40)(H,38,41)/t20-,23?,34-/m1/s1. The van der Waals surface area contributed by atoms with E-state index >= 15 is 0 Å². The highest BCUT2D eigenvalue weighted by atomic mass is 35.5. The lowest BCUT2D eigenvalue weighted by atomic mass is 10.0. The Kier molecular flexibility index (Phi) is 10.8. The number of carbonyl (C=O) groups is 3. The number of carbonyl (C=O) groups excluding carboxylic acids is 3. The monoisotopic (exact) mass is 686 g/mol. The molecule has 254 valence electrons. The third-order valence-corrected chi connectivity index (χ3v) is 9.25. The Morgan fingerprint density at radius 2 is 1.98 bits per heavy atom. The number of thiazole rings is 1. The van der Waals surface area contributed by atoms with E-state index in [0.717, 1.165) is 5.69 Å². The smallest absolute Gasteiger partial charge is 0.411 e. The van der Waals surface area contributed by atoms with Gasteiger partial charge in [0.25, 0.3) is 0 Å². The molecule has 0 radical (unpaired) electrons. The minimum Gasteiger partial charge on any atom is -0.495 e. The van der Waals surface area contributed by atoms with Crippen LogP contribution in [-0.4, -0.2) is 63.7 Å². The topological polar surface area (TPSA) is 140 Å². The summed E-state index contributed by atoms with van der Waals surface area (Å²) in [5.74, 6) is -0.974. The molecule has 1 aliphatic carbocycles. The van der Waals surface area contributed by atoms with Gasteiger partial charge in [-0.05, 0) is 58.1 Å². The number of hydrogen-bond acceptors (Lipinski definition) is 9. The predicted molar refractivity (Wildman–Crippen MR) is 183 cm³/mol. The third-order valence-electron chi connectivity index (χ3n) is 7.98. The van der Waals surface area contributed by atoms with Crippen LogP contribution in [0.5, 0.6) is 5.75 Å². The van der Waals surface area contributed by atoms with Gasteiger partial charge < -0.3 is 24.5 Å². The number of nitrogens with one attached hydrogen (secondary N) is 2. The summed E-state index contributed by atoms with van der Waals surface area (Å²) in [5, 5.41) is 5.82. The van der Waals surface area contributed by atoms with Gasteiger partial charge in [0.05, 0.1) is 42.6 Å². The van der Waals surface area contributed by atoms with Crippen molar-refractivity contribution in [3.05, 3.63) is 56.7 Å². The quantitative estimate of drug-likeness (QED) is 0.161. The maximum Gasteiger partial charge on any atom is 0.411 e. The Bertz CT molecular complexity index is 1740. The summed E-state index contributed by atoms with van der Waals surface area (Å²) in [6, 6.07) is 1.95. The highest BCUT2D eigenvalue weighted by Crippen LogP contribution is 2.45. The number of amides is 2. The summed E-state index contributed by atoms with van der Waals surface area (Å²) in [6.07, 6.45) is 1.33. The van der Waals surface area contributed by atoms with Crippen LogP contribution in [0.15, 0.2) is 35.0 Å². The van der Waals surface area contributed by atoms with Gasteiger partial charge >= 0.3 is 12.1 Å². The maximum atomic E-state index is 13.9. The van der Waals surface area contributed by atoms with E-state index in [1.165, 1.54) is 29.4 Å². The molecule has 0 bridgehead atoms. The zero-order chi connectivity index (χ0) is 34.8. The summed E-state index contributed by atoms with van der Waals surface area (Å²) in [6.45, 7) is 16.4. The van der Waals surface area contributed by atoms with Crippen molar-refractivity contribution in [2.75, 3.05) is 13.7 Å². The van der Waals surface area contributed by atoms with Gasteiger partial charge in [0.2, 0.25) is 5.91 Å². The molecule has 47 heavy (non-hydrogen) atoms. The number of H-pyrrole nitrogens is 1. The summed E-state index contributed by atoms with van der Waals surface area (Å²) in [5.41, 5.74) is -0.449. The number of methoxy groups -OCH3 is 1. The molecule has 1 unspecified atom stereocenters. The molecule has 2 aromatic heterocycles. The molecule has 2 N–H and O–H groups in total. The average Bonchev–Trinajstić information content (AvgIpc) is 3.47. The number of esters is 1. The van der Waals surface area contributed by atoms with Gasteiger partial charge in [0, 0.05) is 17.4 Å². The Balaban J connectivity index is 1.82. The second kappa shape index (κ2) is 14.1. The van der Waals surface area contributed by atoms with Crippen LogP contribution in [0.4, 0.5) is 4.79 Å². The molecule has 11 nitrogen and oxygen atoms in total. The van der Waals surface area contributed by atoms with Gasteiger partial charge in [-0.3, -0.25) is 14.5 Å². The fraction of sp³-hybridized carbons (Fsp3) is 0.500. The molecule has 3 aromatic rings. The Morgan fingerprint density at radius 1 is 1.28 bits per heavy atom. The van der Waals surface area contributed by atoms with Gasteiger partial charge in [-0.15, -0.1) is 17.9 Å². The minimum atomic E-state index is -1.27. The number of pyridine rings is 1. The number of fused-ring (bicyclic) bond motifs is 1. The zero-order valence-electron chi connectivity index (χ0n) is 28.1. The summed E-state index contributed by atoms with van der Waals surface area (Å²) in [4.78, 5) is 63.7. The Hall–Kier alpha value is -3.90. The van der Waals surface area contributed by atoms with Crippen LogP contribution in [0.2, 0.25) is 5.02 Å². The van der Waals surface area contributed by atoms with Crippen LogP contribution < -0.4 is 15.5 Å². The first-order chi connectivity index (χ1) is 22.1. The van der Waals surface area contributed by atoms with Crippen molar-refractivity contribution in [1.82, 2.24) is 20.2 Å². The van der Waals surface area contributed by atoms with Crippen LogP contribution in [0.1, 0.15) is 78.5 Å². The van der Waals surface area contributed by atoms with Gasteiger partial charge in [-0.2, -0.15) is 0 Å². The largest absolute Gasteiger partial charge is 0.495 e. The molecule has 3 atom stereocenters. The van der Waals surface area contributed by atoms with Crippen LogP contribution in [0.3, 0.4) is 0 Å². The first-order valence-electron chi connectivity index (χ1n) is 15.6. The Labute approximate surface area is 283 Å². The highest BCUT2D eigenvalue weighted by molar-refractivity contribution is 7.13. The number of ether oxygens (including phenoxy) is 3. The van der Waals surface area contributed by atoms with Crippen LogP contribution in [0, 0.1) is 5.92 Å². The molecule has 1 aromatic carbocycles. The molecular weight excluding hydrogens is 644 g/mol. The summed E-state index contributed by atoms with van der Waals surface area (Å²) < 4.78 is 16.6. The van der Waals surface area contributed by atoms with E-state index in [2.05, 4.69) is 21.9 Å². The molecule has 2 amide bonds. The van der Waals surface area contributed by atoms with Gasteiger partial charge in [-0.25, -0.2) is 14.6 Å². The minimum absolute atomic E-state index is 0.144. The van der Waals surface area contributed by atoms with Gasteiger partial charge in [-0.1, -0.05) is 38.4 Å². The fourth-order valence-electron chi connectivity index (χ4n) is 5.44. The predicted octanol–water partition coefficient (Wildman–Crippen LogP) is 6.58. The van der Waals surface area contributed by atoms with E-state index in [9.17, 15) is 19.2 Å². The second-order valence-electron chi connectivity index (χ2n) is 12.8.